The molecule has 0 heterocycles. The van der Waals surface area contributed by atoms with Crippen LogP contribution in [0.4, 0.5) is 15.8 Å². The predicted molar refractivity (Wildman–Crippen MR) is 73.3 cm³/mol. The number of nitro benzene ring substituents is 1. The Morgan fingerprint density at radius 1 is 1.44 bits per heavy atom. The molecule has 0 radical (unpaired) electrons. The van der Waals surface area contributed by atoms with Crippen LogP contribution in [0.2, 0.25) is 0 Å². The van der Waals surface area contributed by atoms with E-state index in [0.717, 1.165) is 18.9 Å². The van der Waals surface area contributed by atoms with Crippen LogP contribution in [0.3, 0.4) is 0 Å². The molecule has 0 spiro atoms. The van der Waals surface area contributed by atoms with Gasteiger partial charge in [-0.1, -0.05) is 26.7 Å². The van der Waals surface area contributed by atoms with Crippen LogP contribution in [0, 0.1) is 21.8 Å². The van der Waals surface area contributed by atoms with Crippen LogP contribution in [-0.2, 0) is 0 Å². The zero-order valence-electron chi connectivity index (χ0n) is 10.4. The molecule has 0 saturated heterocycles. The number of nitro groups is 1. The summed E-state index contributed by atoms with van der Waals surface area (Å²) in [7, 11) is 0. The second-order valence-electron chi connectivity index (χ2n) is 4.10. The summed E-state index contributed by atoms with van der Waals surface area (Å²) in [5.74, 6) is -0.0797. The first kappa shape index (κ1) is 14.9. The van der Waals surface area contributed by atoms with Gasteiger partial charge in [0.25, 0.3) is 5.69 Å². The fraction of sp³-hybridized carbons (Fsp3) is 0.500. The molecule has 1 aromatic rings. The van der Waals surface area contributed by atoms with Crippen LogP contribution in [0.5, 0.6) is 0 Å². The Hall–Kier alpha value is -1.17. The van der Waals surface area contributed by atoms with Crippen LogP contribution in [0.25, 0.3) is 0 Å². The highest BCUT2D eigenvalue weighted by atomic mass is 79.9. The molecule has 0 aromatic heterocycles. The van der Waals surface area contributed by atoms with E-state index in [1.807, 2.05) is 0 Å². The lowest BCUT2D eigenvalue weighted by Gasteiger charge is -2.14. The maximum Gasteiger partial charge on any atom is 0.293 e. The summed E-state index contributed by atoms with van der Waals surface area (Å²) in [5, 5.41) is 13.9. The summed E-state index contributed by atoms with van der Waals surface area (Å²) in [4.78, 5) is 10.4. The van der Waals surface area contributed by atoms with Gasteiger partial charge in [0.05, 0.1) is 9.40 Å². The Morgan fingerprint density at radius 3 is 2.56 bits per heavy atom. The second kappa shape index (κ2) is 6.68. The van der Waals surface area contributed by atoms with Crippen molar-refractivity contribution in [3.63, 3.8) is 0 Å². The number of hydrogen-bond donors (Lipinski definition) is 1. The van der Waals surface area contributed by atoms with Crippen molar-refractivity contribution in [2.45, 2.75) is 26.7 Å². The molecule has 100 valence electrons. The van der Waals surface area contributed by atoms with E-state index in [-0.39, 0.29) is 15.8 Å². The van der Waals surface area contributed by atoms with E-state index >= 15 is 0 Å². The highest BCUT2D eigenvalue weighted by molar-refractivity contribution is 9.10. The van der Waals surface area contributed by atoms with Crippen molar-refractivity contribution in [3.8, 4) is 0 Å². The minimum Gasteiger partial charge on any atom is -0.379 e. The number of nitrogens with one attached hydrogen (secondary N) is 1. The lowest BCUT2D eigenvalue weighted by atomic mass is 10.0. The molecule has 0 saturated carbocycles. The molecule has 1 rings (SSSR count). The topological polar surface area (TPSA) is 55.2 Å². The van der Waals surface area contributed by atoms with E-state index in [1.54, 1.807) is 0 Å². The van der Waals surface area contributed by atoms with Gasteiger partial charge in [0.1, 0.15) is 11.5 Å². The maximum absolute atomic E-state index is 13.4. The molecule has 0 aliphatic rings. The molecule has 6 heteroatoms. The van der Waals surface area contributed by atoms with Gasteiger partial charge in [0.15, 0.2) is 0 Å². The molecule has 1 aromatic carbocycles. The lowest BCUT2D eigenvalue weighted by Crippen LogP contribution is -2.13. The molecule has 0 atom stereocenters. The highest BCUT2D eigenvalue weighted by Gasteiger charge is 2.18. The Labute approximate surface area is 114 Å². The van der Waals surface area contributed by atoms with Crippen molar-refractivity contribution >= 4 is 27.3 Å². The minimum absolute atomic E-state index is 0.0993. The molecular weight excluding hydrogens is 303 g/mol. The molecule has 0 amide bonds. The summed E-state index contributed by atoms with van der Waals surface area (Å²) in [5.41, 5.74) is 0.113. The number of nitrogens with zero attached hydrogens (tertiary/aromatic N) is 1. The predicted octanol–water partition coefficient (Wildman–Crippen LogP) is 4.34. The number of halogens is 2. The zero-order chi connectivity index (χ0) is 13.7. The first-order valence-corrected chi connectivity index (χ1v) is 6.66. The lowest BCUT2D eigenvalue weighted by molar-refractivity contribution is -0.384. The quantitative estimate of drug-likeness (QED) is 0.626. The highest BCUT2D eigenvalue weighted by Crippen LogP contribution is 2.30. The Morgan fingerprint density at radius 2 is 2.06 bits per heavy atom. The van der Waals surface area contributed by atoms with Gasteiger partial charge in [-0.2, -0.15) is 0 Å². The van der Waals surface area contributed by atoms with Crippen molar-refractivity contribution in [3.05, 3.63) is 32.5 Å². The van der Waals surface area contributed by atoms with Crippen LogP contribution < -0.4 is 5.32 Å². The van der Waals surface area contributed by atoms with Gasteiger partial charge in [0, 0.05) is 18.7 Å². The number of anilines is 1. The third kappa shape index (κ3) is 3.66. The molecule has 1 N–H and O–H groups in total. The number of rotatable bonds is 6. The summed E-state index contributed by atoms with van der Waals surface area (Å²) in [6.45, 7) is 4.73. The summed E-state index contributed by atoms with van der Waals surface area (Å²) in [6, 6.07) is 2.34. The summed E-state index contributed by atoms with van der Waals surface area (Å²) in [6.07, 6.45) is 1.96. The maximum atomic E-state index is 13.4. The molecule has 0 fully saturated rings. The third-order valence-corrected chi connectivity index (χ3v) is 3.58. The minimum atomic E-state index is -0.514. The Bertz CT molecular complexity index is 436. The van der Waals surface area contributed by atoms with Gasteiger partial charge in [-0.15, -0.1) is 0 Å². The van der Waals surface area contributed by atoms with Crippen LogP contribution >= 0.6 is 15.9 Å². The fourth-order valence-corrected chi connectivity index (χ4v) is 1.99. The van der Waals surface area contributed by atoms with Crippen LogP contribution in [0.1, 0.15) is 26.7 Å². The average molecular weight is 319 g/mol. The summed E-state index contributed by atoms with van der Waals surface area (Å²) >= 11 is 2.95. The van der Waals surface area contributed by atoms with Crippen molar-refractivity contribution in [2.75, 3.05) is 11.9 Å². The standard InChI is InChI=1S/C12H16BrFN2O2/c1-3-8(4-2)7-15-11-6-10(14)9(13)5-12(11)16(17)18/h5-6,8,15H,3-4,7H2,1-2H3. The molecule has 0 aliphatic heterocycles. The van der Waals surface area contributed by atoms with E-state index in [0.29, 0.717) is 12.5 Å². The van der Waals surface area contributed by atoms with Crippen molar-refractivity contribution in [2.24, 2.45) is 5.92 Å². The van der Waals surface area contributed by atoms with Crippen LogP contribution in [-0.4, -0.2) is 11.5 Å². The first-order chi connectivity index (χ1) is 8.49. The van der Waals surface area contributed by atoms with E-state index in [9.17, 15) is 14.5 Å². The third-order valence-electron chi connectivity index (χ3n) is 2.97. The monoisotopic (exact) mass is 318 g/mol. The second-order valence-corrected chi connectivity index (χ2v) is 4.96. The van der Waals surface area contributed by atoms with Gasteiger partial charge in [0.2, 0.25) is 0 Å². The number of benzene rings is 1. The largest absolute Gasteiger partial charge is 0.379 e. The molecule has 0 aliphatic carbocycles. The molecular formula is C12H16BrFN2O2. The smallest absolute Gasteiger partial charge is 0.293 e. The van der Waals surface area contributed by atoms with E-state index in [1.165, 1.54) is 6.07 Å². The number of hydrogen-bond acceptors (Lipinski definition) is 3. The summed E-state index contributed by atoms with van der Waals surface area (Å²) < 4.78 is 13.5. The first-order valence-electron chi connectivity index (χ1n) is 5.86. The van der Waals surface area contributed by atoms with E-state index < -0.39 is 10.7 Å². The van der Waals surface area contributed by atoms with Gasteiger partial charge in [-0.25, -0.2) is 4.39 Å². The molecule has 0 bridgehead atoms. The Kier molecular flexibility index (Phi) is 5.53. The molecule has 0 unspecified atom stereocenters. The van der Waals surface area contributed by atoms with Gasteiger partial charge in [-0.3, -0.25) is 10.1 Å². The normalized spacial score (nSPS) is 10.7. The van der Waals surface area contributed by atoms with Crippen molar-refractivity contribution in [1.82, 2.24) is 0 Å². The zero-order valence-corrected chi connectivity index (χ0v) is 12.0. The SMILES string of the molecule is CCC(CC)CNc1cc(F)c(Br)cc1[N+](=O)[O-]. The molecule has 4 nitrogen and oxygen atoms in total. The van der Waals surface area contributed by atoms with Crippen molar-refractivity contribution in [1.29, 1.82) is 0 Å². The van der Waals surface area contributed by atoms with Crippen molar-refractivity contribution < 1.29 is 9.31 Å². The van der Waals surface area contributed by atoms with Gasteiger partial charge in [-0.05, 0) is 21.8 Å². The average Bonchev–Trinajstić information content (AvgIpc) is 2.34. The van der Waals surface area contributed by atoms with E-state index in [2.05, 4.69) is 35.1 Å². The van der Waals surface area contributed by atoms with Crippen LogP contribution in [0.15, 0.2) is 16.6 Å². The van der Waals surface area contributed by atoms with Gasteiger partial charge >= 0.3 is 0 Å². The van der Waals surface area contributed by atoms with E-state index in [4.69, 9.17) is 0 Å². The molecule has 18 heavy (non-hydrogen) atoms. The Balaban J connectivity index is 2.93. The van der Waals surface area contributed by atoms with Gasteiger partial charge < -0.3 is 5.32 Å². The fourth-order valence-electron chi connectivity index (χ4n) is 1.66.